The molecule has 3 aromatic heterocycles. The van der Waals surface area contributed by atoms with Crippen molar-refractivity contribution < 1.29 is 23.9 Å². The van der Waals surface area contributed by atoms with Gasteiger partial charge in [0.2, 0.25) is 5.95 Å². The molecule has 3 rings (SSSR count). The van der Waals surface area contributed by atoms with E-state index in [2.05, 4.69) is 30.6 Å². The molecular weight excluding hydrogens is 488 g/mol. The van der Waals surface area contributed by atoms with E-state index in [4.69, 9.17) is 20.9 Å². The number of nitrogens with two attached hydrogens (primary N) is 2. The van der Waals surface area contributed by atoms with E-state index in [0.717, 1.165) is 22.5 Å². The summed E-state index contributed by atoms with van der Waals surface area (Å²) in [5.41, 5.74) is 13.7. The van der Waals surface area contributed by atoms with Gasteiger partial charge in [0.05, 0.1) is 24.8 Å². The average Bonchev–Trinajstić information content (AvgIpc) is 3.30. The Kier molecular flexibility index (Phi) is 8.89. The highest BCUT2D eigenvalue weighted by Crippen LogP contribution is 2.25. The first-order chi connectivity index (χ1) is 17.2. The standard InChI is InChI=1S/C22H28N8O5S/c1-4-34-15(31)7-6-13(20(33)35-5-2)28-19(32)14-10-27-22(36-14)26-9-12-8-25-18-16(11(12)3)17(23)29-21(24)30-18/h8,10,13H,4-7,9H2,1-3H3,(H,26,27)(H,28,32)(H4,23,24,25,29,30). The van der Waals surface area contributed by atoms with Crippen molar-refractivity contribution in [2.75, 3.05) is 30.0 Å². The van der Waals surface area contributed by atoms with E-state index in [0.29, 0.717) is 22.7 Å². The third-order valence-electron chi connectivity index (χ3n) is 5.11. The molecule has 0 fully saturated rings. The average molecular weight is 517 g/mol. The molecule has 0 bridgehead atoms. The third kappa shape index (κ3) is 6.53. The molecule has 0 aromatic carbocycles. The number of aromatic nitrogens is 4. The van der Waals surface area contributed by atoms with Gasteiger partial charge in [0, 0.05) is 19.2 Å². The lowest BCUT2D eigenvalue weighted by Crippen LogP contribution is -2.42. The molecule has 14 heteroatoms. The van der Waals surface area contributed by atoms with Crippen molar-refractivity contribution in [1.82, 2.24) is 25.3 Å². The summed E-state index contributed by atoms with van der Waals surface area (Å²) in [5.74, 6) is -1.29. The first kappa shape index (κ1) is 26.5. The van der Waals surface area contributed by atoms with E-state index in [9.17, 15) is 14.4 Å². The van der Waals surface area contributed by atoms with Crippen LogP contribution in [0.1, 0.15) is 47.5 Å². The number of hydrogen-bond acceptors (Lipinski definition) is 13. The largest absolute Gasteiger partial charge is 0.466 e. The number of fused-ring (bicyclic) bond motifs is 1. The summed E-state index contributed by atoms with van der Waals surface area (Å²) in [7, 11) is 0. The van der Waals surface area contributed by atoms with E-state index in [1.807, 2.05) is 6.92 Å². The fraction of sp³-hybridized carbons (Fsp3) is 0.409. The molecule has 13 nitrogen and oxygen atoms in total. The van der Waals surface area contributed by atoms with E-state index in [-0.39, 0.29) is 42.7 Å². The van der Waals surface area contributed by atoms with Crippen LogP contribution in [0.4, 0.5) is 16.9 Å². The fourth-order valence-electron chi connectivity index (χ4n) is 3.36. The van der Waals surface area contributed by atoms with Crippen molar-refractivity contribution in [2.24, 2.45) is 0 Å². The van der Waals surface area contributed by atoms with Gasteiger partial charge in [0.25, 0.3) is 5.91 Å². The van der Waals surface area contributed by atoms with Crippen LogP contribution < -0.4 is 22.1 Å². The second kappa shape index (κ2) is 12.1. The number of nitrogens with zero attached hydrogens (tertiary/aromatic N) is 4. The Bertz CT molecular complexity index is 1260. The second-order valence-corrected chi connectivity index (χ2v) is 8.61. The highest BCUT2D eigenvalue weighted by molar-refractivity contribution is 7.17. The maximum Gasteiger partial charge on any atom is 0.328 e. The van der Waals surface area contributed by atoms with Crippen LogP contribution >= 0.6 is 11.3 Å². The van der Waals surface area contributed by atoms with Crippen LogP contribution in [0.2, 0.25) is 0 Å². The summed E-state index contributed by atoms with van der Waals surface area (Å²) in [4.78, 5) is 53.6. The molecule has 0 saturated heterocycles. The monoisotopic (exact) mass is 516 g/mol. The number of rotatable bonds is 11. The number of aryl methyl sites for hydroxylation is 1. The first-order valence-electron chi connectivity index (χ1n) is 11.2. The van der Waals surface area contributed by atoms with Crippen LogP contribution in [-0.4, -0.2) is 57.0 Å². The van der Waals surface area contributed by atoms with Crippen molar-refractivity contribution in [3.8, 4) is 0 Å². The molecule has 1 amide bonds. The zero-order chi connectivity index (χ0) is 26.2. The summed E-state index contributed by atoms with van der Waals surface area (Å²) in [6.07, 6.45) is 3.08. The molecule has 3 heterocycles. The molecule has 36 heavy (non-hydrogen) atoms. The van der Waals surface area contributed by atoms with Gasteiger partial charge in [-0.15, -0.1) is 0 Å². The van der Waals surface area contributed by atoms with E-state index in [1.165, 1.54) is 6.20 Å². The minimum Gasteiger partial charge on any atom is -0.466 e. The summed E-state index contributed by atoms with van der Waals surface area (Å²) in [5, 5.41) is 6.87. The van der Waals surface area contributed by atoms with Crippen LogP contribution in [0, 0.1) is 6.92 Å². The van der Waals surface area contributed by atoms with Gasteiger partial charge >= 0.3 is 11.9 Å². The molecule has 0 radical (unpaired) electrons. The highest BCUT2D eigenvalue weighted by Gasteiger charge is 2.25. The van der Waals surface area contributed by atoms with Crippen molar-refractivity contribution in [1.29, 1.82) is 0 Å². The zero-order valence-electron chi connectivity index (χ0n) is 20.2. The summed E-state index contributed by atoms with van der Waals surface area (Å²) < 4.78 is 9.91. The van der Waals surface area contributed by atoms with Crippen molar-refractivity contribution in [3.63, 3.8) is 0 Å². The minimum atomic E-state index is -0.992. The number of pyridine rings is 1. The van der Waals surface area contributed by atoms with E-state index < -0.39 is 23.9 Å². The topological polar surface area (TPSA) is 197 Å². The third-order valence-corrected chi connectivity index (χ3v) is 6.07. The van der Waals surface area contributed by atoms with Gasteiger partial charge in [-0.05, 0) is 38.3 Å². The van der Waals surface area contributed by atoms with Crippen LogP contribution in [0.15, 0.2) is 12.4 Å². The lowest BCUT2D eigenvalue weighted by Gasteiger charge is -2.16. The van der Waals surface area contributed by atoms with Crippen LogP contribution in [0.25, 0.3) is 11.0 Å². The van der Waals surface area contributed by atoms with Crippen LogP contribution in [-0.2, 0) is 25.6 Å². The normalized spacial score (nSPS) is 11.6. The summed E-state index contributed by atoms with van der Waals surface area (Å²) in [6, 6.07) is -0.992. The fourth-order valence-corrected chi connectivity index (χ4v) is 4.07. The lowest BCUT2D eigenvalue weighted by molar-refractivity contribution is -0.146. The number of amides is 1. The van der Waals surface area contributed by atoms with Crippen molar-refractivity contribution in [3.05, 3.63) is 28.4 Å². The molecule has 0 aliphatic carbocycles. The van der Waals surface area contributed by atoms with E-state index >= 15 is 0 Å². The predicted octanol–water partition coefficient (Wildman–Crippen LogP) is 1.57. The van der Waals surface area contributed by atoms with E-state index in [1.54, 1.807) is 20.0 Å². The molecule has 1 atom stereocenters. The lowest BCUT2D eigenvalue weighted by atomic mass is 10.1. The number of thiazole rings is 1. The molecule has 3 aromatic rings. The molecule has 6 N–H and O–H groups in total. The van der Waals surface area contributed by atoms with Gasteiger partial charge in [-0.3, -0.25) is 9.59 Å². The van der Waals surface area contributed by atoms with Gasteiger partial charge < -0.3 is 31.6 Å². The first-order valence-corrected chi connectivity index (χ1v) is 12.0. The van der Waals surface area contributed by atoms with Gasteiger partial charge in [-0.25, -0.2) is 14.8 Å². The highest BCUT2D eigenvalue weighted by atomic mass is 32.1. The molecule has 0 saturated carbocycles. The SMILES string of the molecule is CCOC(=O)CCC(NC(=O)c1cnc(NCc2cnc3nc(N)nc(N)c3c2C)s1)C(=O)OCC. The number of anilines is 3. The Morgan fingerprint density at radius 2 is 1.83 bits per heavy atom. The number of ether oxygens (including phenoxy) is 2. The number of carbonyl (C=O) groups excluding carboxylic acids is 3. The molecule has 1 unspecified atom stereocenters. The molecule has 0 spiro atoms. The van der Waals surface area contributed by atoms with Gasteiger partial charge in [-0.2, -0.15) is 9.97 Å². The molecule has 192 valence electrons. The number of hydrogen-bond donors (Lipinski definition) is 4. The van der Waals surface area contributed by atoms with Gasteiger partial charge in [0.1, 0.15) is 16.7 Å². The Labute approximate surface area is 211 Å². The van der Waals surface area contributed by atoms with Gasteiger partial charge in [0.15, 0.2) is 10.8 Å². The molecular formula is C22H28N8O5S. The second-order valence-electron chi connectivity index (χ2n) is 7.58. The number of esters is 2. The quantitative estimate of drug-likeness (QED) is 0.269. The Morgan fingerprint density at radius 3 is 2.56 bits per heavy atom. The summed E-state index contributed by atoms with van der Waals surface area (Å²) in [6.45, 7) is 5.97. The predicted molar refractivity (Wildman–Crippen MR) is 134 cm³/mol. The smallest absolute Gasteiger partial charge is 0.328 e. The summed E-state index contributed by atoms with van der Waals surface area (Å²) >= 11 is 1.11. The van der Waals surface area contributed by atoms with Crippen molar-refractivity contribution >= 4 is 57.1 Å². The minimum absolute atomic E-state index is 0.0333. The number of nitrogens with one attached hydrogen (secondary N) is 2. The number of nitrogen functional groups attached to an aromatic ring is 2. The maximum absolute atomic E-state index is 12.7. The molecule has 0 aliphatic rings. The maximum atomic E-state index is 12.7. The Balaban J connectivity index is 1.66. The van der Waals surface area contributed by atoms with Gasteiger partial charge in [-0.1, -0.05) is 11.3 Å². The number of carbonyl (C=O) groups is 3. The van der Waals surface area contributed by atoms with Crippen LogP contribution in [0.5, 0.6) is 0 Å². The Morgan fingerprint density at radius 1 is 1.08 bits per heavy atom. The van der Waals surface area contributed by atoms with Crippen molar-refractivity contribution in [2.45, 2.75) is 46.2 Å². The molecule has 0 aliphatic heterocycles. The Hall–Kier alpha value is -4.07. The van der Waals surface area contributed by atoms with Crippen LogP contribution in [0.3, 0.4) is 0 Å². The zero-order valence-corrected chi connectivity index (χ0v) is 21.0.